The molecular formula is C11H23NO2. The van der Waals surface area contributed by atoms with Gasteiger partial charge in [0.05, 0.1) is 13.5 Å². The second-order valence-electron chi connectivity index (χ2n) is 4.70. The SMILES string of the molecule is COC(=O)CC(C)(CN)CCC(C)C. The van der Waals surface area contributed by atoms with Crippen LogP contribution in [-0.2, 0) is 9.53 Å². The molecule has 84 valence electrons. The summed E-state index contributed by atoms with van der Waals surface area (Å²) >= 11 is 0. The van der Waals surface area contributed by atoms with Gasteiger partial charge < -0.3 is 10.5 Å². The van der Waals surface area contributed by atoms with Crippen LogP contribution in [0.4, 0.5) is 0 Å². The first-order chi connectivity index (χ1) is 6.43. The van der Waals surface area contributed by atoms with E-state index in [1.165, 1.54) is 7.11 Å². The van der Waals surface area contributed by atoms with E-state index in [4.69, 9.17) is 5.73 Å². The molecule has 0 amide bonds. The molecule has 0 fully saturated rings. The molecule has 0 heterocycles. The average Bonchev–Trinajstić information content (AvgIpc) is 2.14. The topological polar surface area (TPSA) is 52.3 Å². The molecule has 0 aliphatic rings. The van der Waals surface area contributed by atoms with Gasteiger partial charge in [-0.25, -0.2) is 0 Å². The molecule has 0 aromatic heterocycles. The lowest BCUT2D eigenvalue weighted by Gasteiger charge is -2.27. The Hall–Kier alpha value is -0.570. The van der Waals surface area contributed by atoms with Crippen molar-refractivity contribution in [3.05, 3.63) is 0 Å². The molecule has 0 aromatic carbocycles. The second-order valence-corrected chi connectivity index (χ2v) is 4.70. The number of methoxy groups -OCH3 is 1. The van der Waals surface area contributed by atoms with Crippen molar-refractivity contribution in [3.63, 3.8) is 0 Å². The van der Waals surface area contributed by atoms with Crippen LogP contribution in [0.5, 0.6) is 0 Å². The molecular weight excluding hydrogens is 178 g/mol. The van der Waals surface area contributed by atoms with Gasteiger partial charge in [-0.3, -0.25) is 4.79 Å². The highest BCUT2D eigenvalue weighted by Crippen LogP contribution is 2.28. The van der Waals surface area contributed by atoms with Gasteiger partial charge in [0.1, 0.15) is 0 Å². The molecule has 2 N–H and O–H groups in total. The summed E-state index contributed by atoms with van der Waals surface area (Å²) in [6.07, 6.45) is 2.51. The molecule has 0 aromatic rings. The highest BCUT2D eigenvalue weighted by molar-refractivity contribution is 5.70. The maximum absolute atomic E-state index is 11.2. The van der Waals surface area contributed by atoms with E-state index in [1.54, 1.807) is 0 Å². The van der Waals surface area contributed by atoms with Gasteiger partial charge in [-0.2, -0.15) is 0 Å². The van der Waals surface area contributed by atoms with E-state index < -0.39 is 0 Å². The number of esters is 1. The van der Waals surface area contributed by atoms with Crippen LogP contribution in [0.1, 0.15) is 40.0 Å². The molecule has 1 unspecified atom stereocenters. The number of rotatable bonds is 6. The number of carbonyl (C=O) groups excluding carboxylic acids is 1. The first-order valence-electron chi connectivity index (χ1n) is 5.20. The number of nitrogens with two attached hydrogens (primary N) is 1. The zero-order valence-electron chi connectivity index (χ0n) is 9.80. The standard InChI is InChI=1S/C11H23NO2/c1-9(2)5-6-11(3,8-12)7-10(13)14-4/h9H,5-8,12H2,1-4H3. The highest BCUT2D eigenvalue weighted by atomic mass is 16.5. The van der Waals surface area contributed by atoms with Crippen molar-refractivity contribution in [2.45, 2.75) is 40.0 Å². The number of carbonyl (C=O) groups is 1. The minimum atomic E-state index is -0.165. The van der Waals surface area contributed by atoms with Gasteiger partial charge in [0.15, 0.2) is 0 Å². The molecule has 0 aliphatic carbocycles. The van der Waals surface area contributed by atoms with E-state index in [2.05, 4.69) is 18.6 Å². The molecule has 0 aliphatic heterocycles. The summed E-state index contributed by atoms with van der Waals surface area (Å²) in [5.41, 5.74) is 5.59. The van der Waals surface area contributed by atoms with Gasteiger partial charge in [-0.05, 0) is 24.3 Å². The van der Waals surface area contributed by atoms with E-state index in [1.807, 2.05) is 6.92 Å². The summed E-state index contributed by atoms with van der Waals surface area (Å²) in [5, 5.41) is 0. The lowest BCUT2D eigenvalue weighted by molar-refractivity contribution is -0.143. The Bertz CT molecular complexity index is 180. The van der Waals surface area contributed by atoms with Crippen LogP contribution in [0, 0.1) is 11.3 Å². The minimum absolute atomic E-state index is 0.0998. The Kier molecular flexibility index (Phi) is 5.77. The summed E-state index contributed by atoms with van der Waals surface area (Å²) < 4.78 is 4.66. The van der Waals surface area contributed by atoms with Crippen molar-refractivity contribution in [2.24, 2.45) is 17.1 Å². The van der Waals surface area contributed by atoms with Crippen LogP contribution in [0.15, 0.2) is 0 Å². The molecule has 14 heavy (non-hydrogen) atoms. The van der Waals surface area contributed by atoms with Crippen LogP contribution in [0.2, 0.25) is 0 Å². The lowest BCUT2D eigenvalue weighted by Crippen LogP contribution is -2.30. The fraction of sp³-hybridized carbons (Fsp3) is 0.909. The molecule has 0 saturated heterocycles. The second kappa shape index (κ2) is 6.02. The zero-order valence-corrected chi connectivity index (χ0v) is 9.80. The molecule has 3 heteroatoms. The van der Waals surface area contributed by atoms with Gasteiger partial charge in [-0.1, -0.05) is 27.2 Å². The predicted molar refractivity (Wildman–Crippen MR) is 57.9 cm³/mol. The maximum atomic E-state index is 11.2. The van der Waals surface area contributed by atoms with Crippen molar-refractivity contribution < 1.29 is 9.53 Å². The van der Waals surface area contributed by atoms with Gasteiger partial charge >= 0.3 is 5.97 Å². The molecule has 3 nitrogen and oxygen atoms in total. The predicted octanol–water partition coefficient (Wildman–Crippen LogP) is 1.95. The fourth-order valence-electron chi connectivity index (χ4n) is 1.32. The van der Waals surface area contributed by atoms with Crippen LogP contribution in [-0.4, -0.2) is 19.6 Å². The highest BCUT2D eigenvalue weighted by Gasteiger charge is 2.26. The summed E-state index contributed by atoms with van der Waals surface area (Å²) in [4.78, 5) is 11.2. The fourth-order valence-corrected chi connectivity index (χ4v) is 1.32. The molecule has 0 saturated carbocycles. The van der Waals surface area contributed by atoms with Crippen LogP contribution >= 0.6 is 0 Å². The van der Waals surface area contributed by atoms with Crippen molar-refractivity contribution in [2.75, 3.05) is 13.7 Å². The van der Waals surface area contributed by atoms with Crippen LogP contribution in [0.3, 0.4) is 0 Å². The smallest absolute Gasteiger partial charge is 0.306 e. The molecule has 0 rings (SSSR count). The van der Waals surface area contributed by atoms with E-state index in [0.717, 1.165) is 12.8 Å². The number of ether oxygens (including phenoxy) is 1. The number of hydrogen-bond acceptors (Lipinski definition) is 3. The van der Waals surface area contributed by atoms with Crippen LogP contribution in [0.25, 0.3) is 0 Å². The van der Waals surface area contributed by atoms with Gasteiger partial charge in [0.25, 0.3) is 0 Å². The number of hydrogen-bond donors (Lipinski definition) is 1. The lowest BCUT2D eigenvalue weighted by atomic mass is 9.80. The van der Waals surface area contributed by atoms with Gasteiger partial charge in [0.2, 0.25) is 0 Å². The molecule has 0 bridgehead atoms. The molecule has 0 spiro atoms. The van der Waals surface area contributed by atoms with Crippen molar-refractivity contribution in [1.29, 1.82) is 0 Å². The summed E-state index contributed by atoms with van der Waals surface area (Å²) in [5.74, 6) is 0.486. The van der Waals surface area contributed by atoms with E-state index >= 15 is 0 Å². The summed E-state index contributed by atoms with van der Waals surface area (Å²) in [6, 6.07) is 0. The average molecular weight is 201 g/mol. The summed E-state index contributed by atoms with van der Waals surface area (Å²) in [6.45, 7) is 6.94. The molecule has 0 radical (unpaired) electrons. The van der Waals surface area contributed by atoms with Crippen molar-refractivity contribution >= 4 is 5.97 Å². The summed E-state index contributed by atoms with van der Waals surface area (Å²) in [7, 11) is 1.42. The maximum Gasteiger partial charge on any atom is 0.306 e. The van der Waals surface area contributed by atoms with Crippen LogP contribution < -0.4 is 5.73 Å². The van der Waals surface area contributed by atoms with Gasteiger partial charge in [0, 0.05) is 0 Å². The first kappa shape index (κ1) is 13.4. The Morgan fingerprint density at radius 1 is 1.50 bits per heavy atom. The third-order valence-corrected chi connectivity index (χ3v) is 2.62. The normalized spacial score (nSPS) is 15.3. The quantitative estimate of drug-likeness (QED) is 0.668. The Morgan fingerprint density at radius 2 is 2.07 bits per heavy atom. The Morgan fingerprint density at radius 3 is 2.43 bits per heavy atom. The monoisotopic (exact) mass is 201 g/mol. The third-order valence-electron chi connectivity index (χ3n) is 2.62. The van der Waals surface area contributed by atoms with E-state index in [9.17, 15) is 4.79 Å². The largest absolute Gasteiger partial charge is 0.469 e. The molecule has 1 atom stereocenters. The third kappa shape index (κ3) is 5.22. The van der Waals surface area contributed by atoms with Crippen molar-refractivity contribution in [3.8, 4) is 0 Å². The van der Waals surface area contributed by atoms with Crippen molar-refractivity contribution in [1.82, 2.24) is 0 Å². The van der Waals surface area contributed by atoms with Gasteiger partial charge in [-0.15, -0.1) is 0 Å². The van der Waals surface area contributed by atoms with E-state index in [0.29, 0.717) is 18.9 Å². The Labute approximate surface area is 87.0 Å². The zero-order chi connectivity index (χ0) is 11.2. The Balaban J connectivity index is 4.10. The minimum Gasteiger partial charge on any atom is -0.469 e. The van der Waals surface area contributed by atoms with E-state index in [-0.39, 0.29) is 11.4 Å². The first-order valence-corrected chi connectivity index (χ1v) is 5.20.